The van der Waals surface area contributed by atoms with Crippen LogP contribution in [0.25, 0.3) is 0 Å². The molecule has 0 saturated carbocycles. The number of hydrogen-bond donors (Lipinski definition) is 1. The van der Waals surface area contributed by atoms with Gasteiger partial charge < -0.3 is 14.8 Å². The van der Waals surface area contributed by atoms with Crippen LogP contribution in [0.3, 0.4) is 0 Å². The molecule has 3 nitrogen and oxygen atoms in total. The molecule has 0 spiro atoms. The van der Waals surface area contributed by atoms with E-state index in [4.69, 9.17) is 9.47 Å². The number of rotatable bonds is 5. The predicted octanol–water partition coefficient (Wildman–Crippen LogP) is 4.08. The lowest BCUT2D eigenvalue weighted by Gasteiger charge is -2.19. The van der Waals surface area contributed by atoms with Gasteiger partial charge >= 0.3 is 0 Å². The maximum absolute atomic E-state index is 5.32. The van der Waals surface area contributed by atoms with Crippen LogP contribution in [0.15, 0.2) is 40.9 Å². The summed E-state index contributed by atoms with van der Waals surface area (Å²) in [7, 11) is 5.32. The predicted molar refractivity (Wildman–Crippen MR) is 89.3 cm³/mol. The third-order valence-electron chi connectivity index (χ3n) is 3.55. The first-order valence-corrected chi connectivity index (χ1v) is 7.55. The van der Waals surface area contributed by atoms with E-state index in [1.165, 1.54) is 11.1 Å². The van der Waals surface area contributed by atoms with E-state index in [1.54, 1.807) is 14.2 Å². The summed E-state index contributed by atoms with van der Waals surface area (Å²) in [6.07, 6.45) is 0. The molecule has 1 atom stereocenters. The Hall–Kier alpha value is -1.52. The summed E-state index contributed by atoms with van der Waals surface area (Å²) in [4.78, 5) is 0. The topological polar surface area (TPSA) is 30.5 Å². The first-order valence-electron chi connectivity index (χ1n) is 6.76. The van der Waals surface area contributed by atoms with Crippen LogP contribution in [0, 0.1) is 6.92 Å². The van der Waals surface area contributed by atoms with Crippen LogP contribution in [-0.4, -0.2) is 21.3 Å². The molecule has 0 radical (unpaired) electrons. The lowest BCUT2D eigenvalue weighted by molar-refractivity contribution is 0.411. The van der Waals surface area contributed by atoms with Crippen LogP contribution < -0.4 is 14.8 Å². The Bertz CT molecular complexity index is 575. The van der Waals surface area contributed by atoms with Gasteiger partial charge in [-0.1, -0.05) is 18.2 Å². The number of nitrogens with one attached hydrogen (secondary N) is 1. The average Bonchev–Trinajstić information content (AvgIpc) is 2.48. The average molecular weight is 350 g/mol. The Morgan fingerprint density at radius 1 is 0.952 bits per heavy atom. The van der Waals surface area contributed by atoms with Crippen molar-refractivity contribution in [2.75, 3.05) is 21.3 Å². The van der Waals surface area contributed by atoms with Crippen molar-refractivity contribution in [3.8, 4) is 11.5 Å². The van der Waals surface area contributed by atoms with E-state index >= 15 is 0 Å². The molecule has 1 unspecified atom stereocenters. The molecule has 2 aromatic carbocycles. The molecule has 0 aliphatic carbocycles. The first-order chi connectivity index (χ1) is 10.1. The van der Waals surface area contributed by atoms with Gasteiger partial charge in [0.15, 0.2) is 0 Å². The molecule has 0 heterocycles. The van der Waals surface area contributed by atoms with E-state index < -0.39 is 0 Å². The largest absolute Gasteiger partial charge is 0.496 e. The van der Waals surface area contributed by atoms with Crippen molar-refractivity contribution in [2.24, 2.45) is 0 Å². The van der Waals surface area contributed by atoms with Crippen LogP contribution in [0.1, 0.15) is 22.7 Å². The SMILES string of the molecule is CNC(c1ccc(OC)c(C)c1)c1ccc(OC)c(Br)c1. The smallest absolute Gasteiger partial charge is 0.133 e. The van der Waals surface area contributed by atoms with Crippen molar-refractivity contribution in [3.63, 3.8) is 0 Å². The van der Waals surface area contributed by atoms with E-state index in [2.05, 4.69) is 52.4 Å². The molecule has 2 aromatic rings. The number of halogens is 1. The van der Waals surface area contributed by atoms with Gasteiger partial charge in [-0.3, -0.25) is 0 Å². The van der Waals surface area contributed by atoms with Crippen LogP contribution in [0.4, 0.5) is 0 Å². The van der Waals surface area contributed by atoms with E-state index in [1.807, 2.05) is 19.2 Å². The summed E-state index contributed by atoms with van der Waals surface area (Å²) >= 11 is 3.54. The van der Waals surface area contributed by atoms with Crippen LogP contribution in [-0.2, 0) is 0 Å². The highest BCUT2D eigenvalue weighted by atomic mass is 79.9. The Morgan fingerprint density at radius 2 is 1.52 bits per heavy atom. The third-order valence-corrected chi connectivity index (χ3v) is 4.17. The number of methoxy groups -OCH3 is 2. The van der Waals surface area contributed by atoms with E-state index in [0.29, 0.717) is 0 Å². The maximum Gasteiger partial charge on any atom is 0.133 e. The summed E-state index contributed by atoms with van der Waals surface area (Å²) in [6.45, 7) is 2.05. The maximum atomic E-state index is 5.32. The number of benzene rings is 2. The lowest BCUT2D eigenvalue weighted by Crippen LogP contribution is -2.17. The zero-order chi connectivity index (χ0) is 15.4. The summed E-state index contributed by atoms with van der Waals surface area (Å²) in [6, 6.07) is 12.5. The van der Waals surface area contributed by atoms with E-state index in [-0.39, 0.29) is 6.04 Å². The van der Waals surface area contributed by atoms with Gasteiger partial charge in [0.2, 0.25) is 0 Å². The fraction of sp³-hybridized carbons (Fsp3) is 0.294. The van der Waals surface area contributed by atoms with Crippen molar-refractivity contribution < 1.29 is 9.47 Å². The van der Waals surface area contributed by atoms with Crippen molar-refractivity contribution in [3.05, 3.63) is 57.6 Å². The Balaban J connectivity index is 2.39. The zero-order valence-electron chi connectivity index (χ0n) is 12.7. The van der Waals surface area contributed by atoms with Gasteiger partial charge in [-0.05, 0) is 64.8 Å². The molecule has 0 aliphatic rings. The van der Waals surface area contributed by atoms with Crippen LogP contribution in [0.2, 0.25) is 0 Å². The van der Waals surface area contributed by atoms with Crippen molar-refractivity contribution in [2.45, 2.75) is 13.0 Å². The van der Waals surface area contributed by atoms with Crippen molar-refractivity contribution >= 4 is 15.9 Å². The second-order valence-electron chi connectivity index (χ2n) is 4.84. The standard InChI is InChI=1S/C17H20BrNO2/c1-11-9-12(5-7-15(11)20-3)17(19-2)13-6-8-16(21-4)14(18)10-13/h5-10,17,19H,1-4H3. The zero-order valence-corrected chi connectivity index (χ0v) is 14.3. The highest BCUT2D eigenvalue weighted by molar-refractivity contribution is 9.10. The molecule has 0 aromatic heterocycles. The second-order valence-corrected chi connectivity index (χ2v) is 5.70. The van der Waals surface area contributed by atoms with Crippen LogP contribution in [0.5, 0.6) is 11.5 Å². The fourth-order valence-corrected chi connectivity index (χ4v) is 3.03. The van der Waals surface area contributed by atoms with Gasteiger partial charge in [0, 0.05) is 0 Å². The quantitative estimate of drug-likeness (QED) is 0.881. The van der Waals surface area contributed by atoms with Gasteiger partial charge in [-0.2, -0.15) is 0 Å². The molecular weight excluding hydrogens is 330 g/mol. The highest BCUT2D eigenvalue weighted by Crippen LogP contribution is 2.31. The van der Waals surface area contributed by atoms with Crippen molar-refractivity contribution in [1.29, 1.82) is 0 Å². The van der Waals surface area contributed by atoms with Gasteiger partial charge in [0.1, 0.15) is 11.5 Å². The molecule has 0 bridgehead atoms. The second kappa shape index (κ2) is 6.96. The normalized spacial score (nSPS) is 12.0. The summed E-state index contributed by atoms with van der Waals surface area (Å²) in [5.41, 5.74) is 3.51. The highest BCUT2D eigenvalue weighted by Gasteiger charge is 2.14. The summed E-state index contributed by atoms with van der Waals surface area (Å²) in [5.74, 6) is 1.74. The number of hydrogen-bond acceptors (Lipinski definition) is 3. The molecule has 112 valence electrons. The minimum atomic E-state index is 0.122. The molecule has 2 rings (SSSR count). The van der Waals surface area contributed by atoms with Gasteiger partial charge in [-0.25, -0.2) is 0 Å². The molecule has 0 fully saturated rings. The minimum Gasteiger partial charge on any atom is -0.496 e. The van der Waals surface area contributed by atoms with Gasteiger partial charge in [-0.15, -0.1) is 0 Å². The number of ether oxygens (including phenoxy) is 2. The first kappa shape index (κ1) is 15.9. The van der Waals surface area contributed by atoms with Crippen LogP contribution >= 0.6 is 15.9 Å². The molecule has 21 heavy (non-hydrogen) atoms. The molecule has 0 aliphatic heterocycles. The Morgan fingerprint density at radius 3 is 2.00 bits per heavy atom. The minimum absolute atomic E-state index is 0.122. The fourth-order valence-electron chi connectivity index (χ4n) is 2.47. The molecule has 0 saturated heterocycles. The van der Waals surface area contributed by atoms with Crippen molar-refractivity contribution in [1.82, 2.24) is 5.32 Å². The summed E-state index contributed by atoms with van der Waals surface area (Å²) < 4.78 is 11.6. The molecular formula is C17H20BrNO2. The Kier molecular flexibility index (Phi) is 5.26. The lowest BCUT2D eigenvalue weighted by atomic mass is 9.97. The third kappa shape index (κ3) is 3.39. The molecule has 4 heteroatoms. The van der Waals surface area contributed by atoms with Gasteiger partial charge in [0.05, 0.1) is 24.7 Å². The van der Waals surface area contributed by atoms with E-state index in [9.17, 15) is 0 Å². The van der Waals surface area contributed by atoms with E-state index in [0.717, 1.165) is 21.5 Å². The number of aryl methyl sites for hydroxylation is 1. The Labute approximate surface area is 134 Å². The van der Waals surface area contributed by atoms with Gasteiger partial charge in [0.25, 0.3) is 0 Å². The molecule has 1 N–H and O–H groups in total. The monoisotopic (exact) mass is 349 g/mol. The molecule has 0 amide bonds. The summed E-state index contributed by atoms with van der Waals surface area (Å²) in [5, 5.41) is 3.36.